The van der Waals surface area contributed by atoms with Crippen LogP contribution in [-0.2, 0) is 9.84 Å². The summed E-state index contributed by atoms with van der Waals surface area (Å²) < 4.78 is 22.1. The van der Waals surface area contributed by atoms with Crippen LogP contribution in [0.5, 0.6) is 0 Å². The monoisotopic (exact) mass is 179 g/mol. The summed E-state index contributed by atoms with van der Waals surface area (Å²) in [6.07, 6.45) is 1.20. The highest BCUT2D eigenvalue weighted by Gasteiger charge is 2.27. The molecule has 5 nitrogen and oxygen atoms in total. The Bertz CT molecular complexity index is 226. The summed E-state index contributed by atoms with van der Waals surface area (Å²) in [4.78, 5) is 0. The van der Waals surface area contributed by atoms with E-state index in [1.807, 2.05) is 0 Å². The Labute approximate surface area is 66.4 Å². The first-order chi connectivity index (χ1) is 5.02. The molecule has 0 aromatic rings. The summed E-state index contributed by atoms with van der Waals surface area (Å²) in [6, 6.07) is 0. The smallest absolute Gasteiger partial charge is 0.166 e. The lowest BCUT2D eigenvalue weighted by molar-refractivity contribution is 0.216. The van der Waals surface area contributed by atoms with Crippen molar-refractivity contribution < 1.29 is 8.42 Å². The second-order valence-electron chi connectivity index (χ2n) is 2.73. The summed E-state index contributed by atoms with van der Waals surface area (Å²) in [6.45, 7) is 1.76. The fourth-order valence-electron chi connectivity index (χ4n) is 1.09. The molecule has 1 unspecified atom stereocenters. The van der Waals surface area contributed by atoms with Crippen LogP contribution >= 0.6 is 0 Å². The van der Waals surface area contributed by atoms with E-state index in [-0.39, 0.29) is 0 Å². The van der Waals surface area contributed by atoms with Crippen molar-refractivity contribution >= 4 is 9.84 Å². The average molecular weight is 179 g/mol. The first-order valence-electron chi connectivity index (χ1n) is 3.43. The van der Waals surface area contributed by atoms with E-state index >= 15 is 0 Å². The zero-order valence-corrected chi connectivity index (χ0v) is 7.26. The molecule has 0 saturated carbocycles. The number of nitrogens with zero attached hydrogens (tertiary/aromatic N) is 1. The molecule has 66 valence electrons. The molecule has 1 atom stereocenters. The van der Waals surface area contributed by atoms with Gasteiger partial charge >= 0.3 is 0 Å². The highest BCUT2D eigenvalue weighted by Crippen LogP contribution is 2.03. The van der Waals surface area contributed by atoms with Gasteiger partial charge in [0.15, 0.2) is 9.84 Å². The van der Waals surface area contributed by atoms with Gasteiger partial charge in [-0.3, -0.25) is 5.84 Å². The van der Waals surface area contributed by atoms with Crippen molar-refractivity contribution in [2.45, 2.75) is 5.37 Å². The van der Waals surface area contributed by atoms with Crippen molar-refractivity contribution in [3.8, 4) is 0 Å². The fourth-order valence-corrected chi connectivity index (χ4v) is 2.11. The third-order valence-corrected chi connectivity index (χ3v) is 3.16. The van der Waals surface area contributed by atoms with E-state index in [9.17, 15) is 8.42 Å². The van der Waals surface area contributed by atoms with Crippen LogP contribution < -0.4 is 11.2 Å². The Balaban J connectivity index is 2.70. The summed E-state index contributed by atoms with van der Waals surface area (Å²) >= 11 is 0. The molecule has 0 aliphatic carbocycles. The first-order valence-corrected chi connectivity index (χ1v) is 5.38. The van der Waals surface area contributed by atoms with E-state index in [2.05, 4.69) is 5.32 Å². The third-order valence-electron chi connectivity index (χ3n) is 1.73. The minimum atomic E-state index is -3.04. The van der Waals surface area contributed by atoms with Gasteiger partial charge in [0.05, 0.1) is 0 Å². The minimum Gasteiger partial charge on any atom is -0.313 e. The van der Waals surface area contributed by atoms with Crippen molar-refractivity contribution in [2.75, 3.05) is 25.9 Å². The molecule has 3 N–H and O–H groups in total. The summed E-state index contributed by atoms with van der Waals surface area (Å²) in [7, 11) is -3.04. The van der Waals surface area contributed by atoms with Crippen molar-refractivity contribution in [3.63, 3.8) is 0 Å². The van der Waals surface area contributed by atoms with Crippen LogP contribution in [0.4, 0.5) is 0 Å². The highest BCUT2D eigenvalue weighted by atomic mass is 32.2. The first kappa shape index (κ1) is 8.92. The molecule has 0 spiro atoms. The van der Waals surface area contributed by atoms with Gasteiger partial charge in [0.1, 0.15) is 5.37 Å². The molecule has 6 heteroatoms. The van der Waals surface area contributed by atoms with Crippen molar-refractivity contribution in [1.82, 2.24) is 10.3 Å². The number of hydrazine groups is 1. The van der Waals surface area contributed by atoms with E-state index in [4.69, 9.17) is 5.84 Å². The van der Waals surface area contributed by atoms with Gasteiger partial charge in [-0.25, -0.2) is 13.4 Å². The number of rotatable bonds is 1. The van der Waals surface area contributed by atoms with E-state index in [1.165, 1.54) is 11.3 Å². The van der Waals surface area contributed by atoms with Gasteiger partial charge in [-0.05, 0) is 0 Å². The molecular weight excluding hydrogens is 166 g/mol. The molecule has 0 aromatic carbocycles. The molecule has 1 heterocycles. The molecular formula is C5H13N3O2S. The molecule has 1 rings (SSSR count). The number of hydrogen-bond acceptors (Lipinski definition) is 5. The molecule has 11 heavy (non-hydrogen) atoms. The van der Waals surface area contributed by atoms with Gasteiger partial charge in [-0.2, -0.15) is 0 Å². The largest absolute Gasteiger partial charge is 0.313 e. The lowest BCUT2D eigenvalue weighted by Gasteiger charge is -2.30. The summed E-state index contributed by atoms with van der Waals surface area (Å²) in [5.41, 5.74) is 0. The van der Waals surface area contributed by atoms with Crippen LogP contribution in [-0.4, -0.2) is 44.7 Å². The van der Waals surface area contributed by atoms with Crippen molar-refractivity contribution in [1.29, 1.82) is 0 Å². The predicted molar refractivity (Wildman–Crippen MR) is 42.4 cm³/mol. The molecule has 0 amide bonds. The van der Waals surface area contributed by atoms with Gasteiger partial charge < -0.3 is 5.32 Å². The maximum absolute atomic E-state index is 11.0. The molecule has 1 aliphatic rings. The second kappa shape index (κ2) is 3.06. The summed E-state index contributed by atoms with van der Waals surface area (Å²) in [5, 5.41) is 3.78. The number of piperazine rings is 1. The van der Waals surface area contributed by atoms with Crippen molar-refractivity contribution in [3.05, 3.63) is 0 Å². The van der Waals surface area contributed by atoms with Gasteiger partial charge in [0.2, 0.25) is 0 Å². The molecule has 1 saturated heterocycles. The minimum absolute atomic E-state index is 0.426. The maximum atomic E-state index is 11.0. The Hall–Kier alpha value is -0.170. The lowest BCUT2D eigenvalue weighted by Crippen LogP contribution is -2.57. The van der Waals surface area contributed by atoms with Gasteiger partial charge in [0.25, 0.3) is 0 Å². The normalized spacial score (nSPS) is 28.7. The standard InChI is InChI=1S/C5H13N3O2S/c1-11(9,10)5-4-7-2-3-8(5)6/h5,7H,2-4,6H2,1H3. The van der Waals surface area contributed by atoms with E-state index in [0.29, 0.717) is 13.1 Å². The second-order valence-corrected chi connectivity index (χ2v) is 4.93. The SMILES string of the molecule is CS(=O)(=O)C1CNCCN1N. The number of nitrogens with one attached hydrogen (secondary N) is 1. The van der Waals surface area contributed by atoms with Crippen LogP contribution in [0, 0.1) is 0 Å². The zero-order valence-electron chi connectivity index (χ0n) is 6.45. The van der Waals surface area contributed by atoms with E-state index in [0.717, 1.165) is 6.54 Å². The molecule has 0 aromatic heterocycles. The van der Waals surface area contributed by atoms with Crippen LogP contribution in [0.3, 0.4) is 0 Å². The Morgan fingerprint density at radius 3 is 2.64 bits per heavy atom. The lowest BCUT2D eigenvalue weighted by atomic mass is 10.4. The Morgan fingerprint density at radius 1 is 1.64 bits per heavy atom. The quantitative estimate of drug-likeness (QED) is 0.462. The molecule has 1 aliphatic heterocycles. The maximum Gasteiger partial charge on any atom is 0.166 e. The molecule has 0 bridgehead atoms. The third kappa shape index (κ3) is 2.13. The van der Waals surface area contributed by atoms with Crippen LogP contribution in [0.2, 0.25) is 0 Å². The van der Waals surface area contributed by atoms with Gasteiger partial charge in [-0.1, -0.05) is 0 Å². The Morgan fingerprint density at radius 2 is 2.27 bits per heavy atom. The molecule has 0 radical (unpaired) electrons. The van der Waals surface area contributed by atoms with Gasteiger partial charge in [0, 0.05) is 25.9 Å². The zero-order chi connectivity index (χ0) is 8.48. The Kier molecular flexibility index (Phi) is 2.48. The van der Waals surface area contributed by atoms with Crippen LogP contribution in [0.15, 0.2) is 0 Å². The average Bonchev–Trinajstić information content (AvgIpc) is 1.86. The fraction of sp³-hybridized carbons (Fsp3) is 1.00. The number of nitrogens with two attached hydrogens (primary N) is 1. The van der Waals surface area contributed by atoms with Gasteiger partial charge in [-0.15, -0.1) is 0 Å². The molecule has 1 fully saturated rings. The predicted octanol–water partition coefficient (Wildman–Crippen LogP) is -1.86. The van der Waals surface area contributed by atoms with E-state index < -0.39 is 15.2 Å². The summed E-state index contributed by atoms with van der Waals surface area (Å²) in [5.74, 6) is 5.48. The number of hydrogen-bond donors (Lipinski definition) is 2. The topological polar surface area (TPSA) is 75.4 Å². The van der Waals surface area contributed by atoms with Crippen LogP contribution in [0.1, 0.15) is 0 Å². The number of sulfone groups is 1. The van der Waals surface area contributed by atoms with E-state index in [1.54, 1.807) is 0 Å². The van der Waals surface area contributed by atoms with Crippen LogP contribution in [0.25, 0.3) is 0 Å². The van der Waals surface area contributed by atoms with Crippen molar-refractivity contribution in [2.24, 2.45) is 5.84 Å². The highest BCUT2D eigenvalue weighted by molar-refractivity contribution is 7.91.